The van der Waals surface area contributed by atoms with Gasteiger partial charge in [-0.05, 0) is 46.6 Å². The molecule has 3 rings (SSSR count). The van der Waals surface area contributed by atoms with E-state index in [1.165, 1.54) is 21.3 Å². The standard InChI is InChI=1S/C19H20BrN3O4/c1-11-5-13(20)9-23-10-14(22-18(11)23)8-21-19(24)12-6-15(25-2)17(27-4)16(7-12)26-3/h5-7,9-10H,8H2,1-4H3,(H,21,24). The summed E-state index contributed by atoms with van der Waals surface area (Å²) in [6, 6.07) is 5.23. The Bertz CT molecular complexity index is 975. The third-order valence-electron chi connectivity index (χ3n) is 4.11. The lowest BCUT2D eigenvalue weighted by atomic mass is 10.1. The van der Waals surface area contributed by atoms with Crippen LogP contribution >= 0.6 is 15.9 Å². The first kappa shape index (κ1) is 19.0. The van der Waals surface area contributed by atoms with Crippen molar-refractivity contribution < 1.29 is 19.0 Å². The second-order valence-corrected chi connectivity index (χ2v) is 6.82. The zero-order chi connectivity index (χ0) is 19.6. The minimum atomic E-state index is -0.260. The van der Waals surface area contributed by atoms with Crippen LogP contribution in [0.15, 0.2) is 35.1 Å². The Morgan fingerprint density at radius 3 is 2.37 bits per heavy atom. The lowest BCUT2D eigenvalue weighted by molar-refractivity contribution is 0.0949. The SMILES string of the molecule is COc1cc(C(=O)NCc2cn3cc(Br)cc(C)c3n2)cc(OC)c1OC. The fourth-order valence-electron chi connectivity index (χ4n) is 2.85. The van der Waals surface area contributed by atoms with E-state index in [1.807, 2.05) is 29.8 Å². The minimum Gasteiger partial charge on any atom is -0.493 e. The first-order valence-electron chi connectivity index (χ1n) is 8.18. The number of carbonyl (C=O) groups excluding carboxylic acids is 1. The average Bonchev–Trinajstić information content (AvgIpc) is 3.07. The third-order valence-corrected chi connectivity index (χ3v) is 4.54. The molecular weight excluding hydrogens is 414 g/mol. The van der Waals surface area contributed by atoms with E-state index >= 15 is 0 Å². The summed E-state index contributed by atoms with van der Waals surface area (Å²) in [5, 5.41) is 2.87. The predicted molar refractivity (Wildman–Crippen MR) is 105 cm³/mol. The number of benzene rings is 1. The van der Waals surface area contributed by atoms with Gasteiger partial charge >= 0.3 is 0 Å². The fourth-order valence-corrected chi connectivity index (χ4v) is 3.41. The van der Waals surface area contributed by atoms with E-state index in [1.54, 1.807) is 12.1 Å². The molecule has 8 heteroatoms. The number of carbonyl (C=O) groups is 1. The molecule has 1 aromatic carbocycles. The Kier molecular flexibility index (Phi) is 5.55. The number of ether oxygens (including phenoxy) is 3. The molecule has 0 atom stereocenters. The number of methoxy groups -OCH3 is 3. The van der Waals surface area contributed by atoms with Gasteiger partial charge in [-0.25, -0.2) is 4.98 Å². The van der Waals surface area contributed by atoms with Gasteiger partial charge in [-0.1, -0.05) is 0 Å². The maximum atomic E-state index is 12.6. The van der Waals surface area contributed by atoms with Gasteiger partial charge in [0.1, 0.15) is 5.65 Å². The number of pyridine rings is 1. The first-order valence-corrected chi connectivity index (χ1v) is 8.98. The molecular formula is C19H20BrN3O4. The quantitative estimate of drug-likeness (QED) is 0.644. The van der Waals surface area contributed by atoms with Gasteiger partial charge in [-0.3, -0.25) is 4.79 Å². The van der Waals surface area contributed by atoms with Crippen LogP contribution in [-0.2, 0) is 6.54 Å². The Balaban J connectivity index is 1.81. The van der Waals surface area contributed by atoms with Crippen molar-refractivity contribution in [2.45, 2.75) is 13.5 Å². The van der Waals surface area contributed by atoms with E-state index < -0.39 is 0 Å². The normalized spacial score (nSPS) is 10.7. The topological polar surface area (TPSA) is 74.1 Å². The van der Waals surface area contributed by atoms with Crippen molar-refractivity contribution in [1.29, 1.82) is 0 Å². The highest BCUT2D eigenvalue weighted by molar-refractivity contribution is 9.10. The monoisotopic (exact) mass is 433 g/mol. The predicted octanol–water partition coefficient (Wildman–Crippen LogP) is 3.36. The number of hydrogen-bond acceptors (Lipinski definition) is 5. The van der Waals surface area contributed by atoms with Crippen molar-refractivity contribution in [2.24, 2.45) is 0 Å². The summed E-state index contributed by atoms with van der Waals surface area (Å²) in [7, 11) is 4.54. The first-order chi connectivity index (χ1) is 13.0. The molecule has 1 N–H and O–H groups in total. The number of imidazole rings is 1. The molecule has 2 heterocycles. The van der Waals surface area contributed by atoms with Crippen LogP contribution < -0.4 is 19.5 Å². The number of fused-ring (bicyclic) bond motifs is 1. The number of rotatable bonds is 6. The van der Waals surface area contributed by atoms with Crippen LogP contribution in [0, 0.1) is 6.92 Å². The summed E-state index contributed by atoms with van der Waals surface area (Å²) in [4.78, 5) is 17.2. The summed E-state index contributed by atoms with van der Waals surface area (Å²) in [5.41, 5.74) is 3.07. The largest absolute Gasteiger partial charge is 0.493 e. The second-order valence-electron chi connectivity index (χ2n) is 5.90. The summed E-state index contributed by atoms with van der Waals surface area (Å²) in [5.74, 6) is 1.03. The molecule has 3 aromatic rings. The number of aromatic nitrogens is 2. The van der Waals surface area contributed by atoms with E-state index in [-0.39, 0.29) is 5.91 Å². The summed E-state index contributed by atoms with van der Waals surface area (Å²) < 4.78 is 18.8. The van der Waals surface area contributed by atoms with Crippen molar-refractivity contribution in [3.05, 3.63) is 51.9 Å². The Morgan fingerprint density at radius 2 is 1.78 bits per heavy atom. The third kappa shape index (κ3) is 3.85. The molecule has 0 fully saturated rings. The van der Waals surface area contributed by atoms with E-state index in [0.29, 0.717) is 29.4 Å². The molecule has 27 heavy (non-hydrogen) atoms. The van der Waals surface area contributed by atoms with Gasteiger partial charge in [-0.2, -0.15) is 0 Å². The lowest BCUT2D eigenvalue weighted by Crippen LogP contribution is -2.23. The van der Waals surface area contributed by atoms with Gasteiger partial charge in [0.05, 0.1) is 33.6 Å². The lowest BCUT2D eigenvalue weighted by Gasteiger charge is -2.13. The van der Waals surface area contributed by atoms with Crippen LogP contribution in [-0.4, -0.2) is 36.6 Å². The Morgan fingerprint density at radius 1 is 1.11 bits per heavy atom. The van der Waals surface area contributed by atoms with E-state index in [4.69, 9.17) is 14.2 Å². The summed E-state index contributed by atoms with van der Waals surface area (Å²) in [6.07, 6.45) is 3.82. The van der Waals surface area contributed by atoms with Crippen LogP contribution in [0.25, 0.3) is 5.65 Å². The molecule has 0 bridgehead atoms. The van der Waals surface area contributed by atoms with Crippen molar-refractivity contribution in [3.63, 3.8) is 0 Å². The number of nitrogens with one attached hydrogen (secondary N) is 1. The minimum absolute atomic E-state index is 0.260. The molecule has 0 unspecified atom stereocenters. The van der Waals surface area contributed by atoms with Gasteiger partial charge in [0.2, 0.25) is 5.75 Å². The highest BCUT2D eigenvalue weighted by Gasteiger charge is 2.17. The smallest absolute Gasteiger partial charge is 0.251 e. The van der Waals surface area contributed by atoms with Crippen molar-refractivity contribution in [3.8, 4) is 17.2 Å². The zero-order valence-electron chi connectivity index (χ0n) is 15.5. The van der Waals surface area contributed by atoms with Gasteiger partial charge in [0.15, 0.2) is 11.5 Å². The molecule has 0 aliphatic rings. The highest BCUT2D eigenvalue weighted by atomic mass is 79.9. The van der Waals surface area contributed by atoms with Crippen LogP contribution in [0.1, 0.15) is 21.6 Å². The van der Waals surface area contributed by atoms with Crippen molar-refractivity contribution in [2.75, 3.05) is 21.3 Å². The van der Waals surface area contributed by atoms with Crippen LogP contribution in [0.4, 0.5) is 0 Å². The molecule has 0 spiro atoms. The van der Waals surface area contributed by atoms with Crippen molar-refractivity contribution in [1.82, 2.24) is 14.7 Å². The number of nitrogens with zero attached hydrogens (tertiary/aromatic N) is 2. The Labute approximate surface area is 165 Å². The van der Waals surface area contributed by atoms with Gasteiger partial charge in [0.25, 0.3) is 5.91 Å². The number of amides is 1. The van der Waals surface area contributed by atoms with Crippen LogP contribution in [0.3, 0.4) is 0 Å². The molecule has 0 saturated carbocycles. The molecule has 7 nitrogen and oxygen atoms in total. The molecule has 1 amide bonds. The highest BCUT2D eigenvalue weighted by Crippen LogP contribution is 2.38. The molecule has 0 saturated heterocycles. The number of aryl methyl sites for hydroxylation is 1. The molecule has 0 aliphatic heterocycles. The number of hydrogen-bond donors (Lipinski definition) is 1. The van der Waals surface area contributed by atoms with E-state index in [2.05, 4.69) is 26.2 Å². The molecule has 0 aliphatic carbocycles. The second kappa shape index (κ2) is 7.87. The van der Waals surface area contributed by atoms with Gasteiger partial charge < -0.3 is 23.9 Å². The molecule has 142 valence electrons. The summed E-state index contributed by atoms with van der Waals surface area (Å²) in [6.45, 7) is 2.29. The van der Waals surface area contributed by atoms with Crippen molar-refractivity contribution >= 4 is 27.5 Å². The van der Waals surface area contributed by atoms with E-state index in [0.717, 1.165) is 21.4 Å². The maximum absolute atomic E-state index is 12.6. The Hall–Kier alpha value is -2.74. The van der Waals surface area contributed by atoms with Gasteiger partial charge in [-0.15, -0.1) is 0 Å². The van der Waals surface area contributed by atoms with Crippen LogP contribution in [0.2, 0.25) is 0 Å². The van der Waals surface area contributed by atoms with Gasteiger partial charge in [0, 0.05) is 22.4 Å². The van der Waals surface area contributed by atoms with E-state index in [9.17, 15) is 4.79 Å². The molecule has 0 radical (unpaired) electrons. The average molecular weight is 434 g/mol. The maximum Gasteiger partial charge on any atom is 0.251 e. The fraction of sp³-hybridized carbons (Fsp3) is 0.263. The zero-order valence-corrected chi connectivity index (χ0v) is 17.1. The van der Waals surface area contributed by atoms with Crippen LogP contribution in [0.5, 0.6) is 17.2 Å². The number of halogens is 1. The summed E-state index contributed by atoms with van der Waals surface area (Å²) >= 11 is 3.47. The molecule has 2 aromatic heterocycles.